The van der Waals surface area contributed by atoms with Gasteiger partial charge in [-0.2, -0.15) is 0 Å². The molecule has 0 aliphatic heterocycles. The van der Waals surface area contributed by atoms with E-state index in [1.165, 1.54) is 33.2 Å². The van der Waals surface area contributed by atoms with Gasteiger partial charge in [-0.15, -0.1) is 20.4 Å². The van der Waals surface area contributed by atoms with Gasteiger partial charge in [-0.3, -0.25) is 8.80 Å². The highest BCUT2D eigenvalue weighted by Crippen LogP contribution is 2.40. The topological polar surface area (TPSA) is 60.4 Å². The zero-order valence-corrected chi connectivity index (χ0v) is 26.6. The van der Waals surface area contributed by atoms with Crippen molar-refractivity contribution in [3.8, 4) is 33.9 Å². The summed E-state index contributed by atoms with van der Waals surface area (Å²) in [5.41, 5.74) is 12.2. The van der Waals surface area contributed by atoms with E-state index in [2.05, 4.69) is 144 Å². The number of nitrogens with zero attached hydrogens (tertiary/aromatic N) is 6. The Bertz CT molecular complexity index is 2770. The summed E-state index contributed by atoms with van der Waals surface area (Å²) in [6.07, 6.45) is 6.44. The van der Waals surface area contributed by atoms with Crippen LogP contribution in [-0.4, -0.2) is 29.2 Å². The van der Waals surface area contributed by atoms with Gasteiger partial charge in [0.1, 0.15) is 0 Å². The molecule has 4 aromatic heterocycles. The lowest BCUT2D eigenvalue weighted by atomic mass is 9.93. The van der Waals surface area contributed by atoms with E-state index in [0.717, 1.165) is 79.7 Å². The molecule has 10 rings (SSSR count). The molecule has 0 radical (unpaired) electrons. The van der Waals surface area contributed by atoms with E-state index in [4.69, 9.17) is 20.4 Å². The number of hydrogen-bond donors (Lipinski definition) is 0. The molecular weight excluding hydrogens is 589 g/mol. The minimum absolute atomic E-state index is 0.833. The highest BCUT2D eigenvalue weighted by Gasteiger charge is 2.23. The van der Waals surface area contributed by atoms with E-state index in [1.54, 1.807) is 0 Å². The molecule has 0 spiro atoms. The summed E-state index contributed by atoms with van der Waals surface area (Å²) in [4.78, 5) is 0. The van der Waals surface area contributed by atoms with Crippen molar-refractivity contribution in [2.75, 3.05) is 0 Å². The monoisotopic (exact) mass is 618 g/mol. The van der Waals surface area contributed by atoms with Crippen molar-refractivity contribution >= 4 is 49.8 Å². The number of aromatic nitrogens is 6. The number of fused-ring (bicyclic) bond motifs is 12. The van der Waals surface area contributed by atoms with Crippen LogP contribution in [-0.2, 0) is 6.42 Å². The third-order valence-corrected chi connectivity index (χ3v) is 9.95. The lowest BCUT2D eigenvalue weighted by Crippen LogP contribution is -2.05. The first-order valence-electron chi connectivity index (χ1n) is 16.5. The molecule has 228 valence electrons. The minimum Gasteiger partial charge on any atom is -0.275 e. The molecule has 0 amide bonds. The summed E-state index contributed by atoms with van der Waals surface area (Å²) in [5.74, 6) is 1.70. The van der Waals surface area contributed by atoms with Crippen LogP contribution in [0.25, 0.3) is 83.7 Å². The first-order chi connectivity index (χ1) is 23.6. The van der Waals surface area contributed by atoms with E-state index >= 15 is 0 Å². The van der Waals surface area contributed by atoms with Crippen LogP contribution in [0.4, 0.5) is 0 Å². The maximum absolute atomic E-state index is 4.86. The van der Waals surface area contributed by atoms with E-state index < -0.39 is 0 Å². The van der Waals surface area contributed by atoms with Crippen LogP contribution in [0.5, 0.6) is 0 Å². The molecule has 6 heteroatoms. The molecule has 5 aromatic carbocycles. The van der Waals surface area contributed by atoms with Gasteiger partial charge in [-0.25, -0.2) is 0 Å². The maximum atomic E-state index is 4.86. The number of pyridine rings is 2. The Morgan fingerprint density at radius 1 is 0.500 bits per heavy atom. The molecule has 0 N–H and O–H groups in total. The van der Waals surface area contributed by atoms with Gasteiger partial charge in [0.15, 0.2) is 22.9 Å². The van der Waals surface area contributed by atoms with Crippen LogP contribution < -0.4 is 0 Å². The predicted octanol–water partition coefficient (Wildman–Crippen LogP) is 9.81. The summed E-state index contributed by atoms with van der Waals surface area (Å²) in [6, 6.07) is 39.0. The van der Waals surface area contributed by atoms with Gasteiger partial charge in [-0.05, 0) is 78.4 Å². The van der Waals surface area contributed by atoms with Gasteiger partial charge < -0.3 is 0 Å². The molecule has 9 aromatic rings. The number of benzene rings is 5. The summed E-state index contributed by atoms with van der Waals surface area (Å²) in [6.45, 7) is 4.22. The highest BCUT2D eigenvalue weighted by atomic mass is 15.3. The standard InChI is InChI=1S/C42H30N6/c1-25-11-15-27(16-12-25)28-19-21-30(22-20-28)40-44-46-42-36-24-33-31-7-3-5-9-37(31)47-39(29-17-13-26(2)14-18-29)43-45-41(47)35(33)23-34(36)32-8-4-6-10-38(32)48(40)42/h4-6,8-24H,3,7H2,1-2H3. The van der Waals surface area contributed by atoms with E-state index in [0.29, 0.717) is 0 Å². The molecule has 6 nitrogen and oxygen atoms in total. The first-order valence-corrected chi connectivity index (χ1v) is 16.5. The van der Waals surface area contributed by atoms with Crippen LogP contribution in [0, 0.1) is 13.8 Å². The fourth-order valence-electron chi connectivity index (χ4n) is 7.48. The van der Waals surface area contributed by atoms with Crippen molar-refractivity contribution in [1.29, 1.82) is 0 Å². The van der Waals surface area contributed by atoms with Gasteiger partial charge in [0, 0.05) is 27.3 Å². The third-order valence-electron chi connectivity index (χ3n) is 9.95. The fraction of sp³-hybridized carbons (Fsp3) is 0.0952. The first kappa shape index (κ1) is 27.0. The average Bonchev–Trinajstić information content (AvgIpc) is 3.79. The zero-order chi connectivity index (χ0) is 31.9. The Labute approximate surface area is 276 Å². The van der Waals surface area contributed by atoms with Gasteiger partial charge in [-0.1, -0.05) is 108 Å². The van der Waals surface area contributed by atoms with Crippen LogP contribution in [0.2, 0.25) is 0 Å². The summed E-state index contributed by atoms with van der Waals surface area (Å²) in [7, 11) is 0. The minimum atomic E-state index is 0.833. The molecule has 0 saturated carbocycles. The molecule has 0 unspecified atom stereocenters. The second-order valence-electron chi connectivity index (χ2n) is 12.9. The van der Waals surface area contributed by atoms with Crippen LogP contribution in [0.3, 0.4) is 0 Å². The van der Waals surface area contributed by atoms with Gasteiger partial charge >= 0.3 is 0 Å². The van der Waals surface area contributed by atoms with Gasteiger partial charge in [0.2, 0.25) is 0 Å². The van der Waals surface area contributed by atoms with E-state index in [1.807, 2.05) is 0 Å². The predicted molar refractivity (Wildman–Crippen MR) is 195 cm³/mol. The lowest BCUT2D eigenvalue weighted by Gasteiger charge is -2.19. The number of aryl methyl sites for hydroxylation is 3. The molecule has 48 heavy (non-hydrogen) atoms. The Morgan fingerprint density at radius 3 is 1.75 bits per heavy atom. The SMILES string of the molecule is Cc1ccc(-c2ccc(-c3nnc4c5cc6c7c(n8c(-c9ccc(C)cc9)nnc8c6cc5c5ccccc5n34)C=CCC7)cc2)cc1. The van der Waals surface area contributed by atoms with E-state index in [-0.39, 0.29) is 0 Å². The Balaban J connectivity index is 1.24. The molecular formula is C42H30N6. The van der Waals surface area contributed by atoms with Crippen molar-refractivity contribution in [2.24, 2.45) is 0 Å². The van der Waals surface area contributed by atoms with Crippen LogP contribution >= 0.6 is 0 Å². The second kappa shape index (κ2) is 10.2. The van der Waals surface area contributed by atoms with Crippen LogP contribution in [0.1, 0.15) is 28.8 Å². The highest BCUT2D eigenvalue weighted by molar-refractivity contribution is 6.18. The van der Waals surface area contributed by atoms with Crippen molar-refractivity contribution < 1.29 is 0 Å². The molecule has 4 heterocycles. The summed E-state index contributed by atoms with van der Waals surface area (Å²) >= 11 is 0. The third kappa shape index (κ3) is 3.92. The van der Waals surface area contributed by atoms with Crippen molar-refractivity contribution in [2.45, 2.75) is 26.7 Å². The molecule has 1 aliphatic rings. The lowest BCUT2D eigenvalue weighted by molar-refractivity contribution is 0.963. The zero-order valence-electron chi connectivity index (χ0n) is 26.6. The Kier molecular flexibility index (Phi) is 5.73. The average molecular weight is 619 g/mol. The molecule has 0 fully saturated rings. The second-order valence-corrected chi connectivity index (χ2v) is 12.9. The molecule has 1 aliphatic carbocycles. The van der Waals surface area contributed by atoms with Crippen molar-refractivity contribution in [3.63, 3.8) is 0 Å². The molecule has 0 atom stereocenters. The van der Waals surface area contributed by atoms with E-state index in [9.17, 15) is 0 Å². The Hall–Kier alpha value is -6.14. The number of rotatable bonds is 3. The number of hydrogen-bond acceptors (Lipinski definition) is 4. The normalized spacial score (nSPS) is 13.0. The number of allylic oxidation sites excluding steroid dienone is 1. The Morgan fingerprint density at radius 2 is 1.04 bits per heavy atom. The fourth-order valence-corrected chi connectivity index (χ4v) is 7.48. The largest absolute Gasteiger partial charge is 0.275 e. The molecule has 0 bridgehead atoms. The smallest absolute Gasteiger partial charge is 0.169 e. The molecule has 0 saturated heterocycles. The van der Waals surface area contributed by atoms with Gasteiger partial charge in [0.25, 0.3) is 0 Å². The van der Waals surface area contributed by atoms with Gasteiger partial charge in [0.05, 0.1) is 11.2 Å². The number of para-hydroxylation sites is 1. The van der Waals surface area contributed by atoms with Crippen LogP contribution in [0.15, 0.2) is 115 Å². The quantitative estimate of drug-likeness (QED) is 0.146. The summed E-state index contributed by atoms with van der Waals surface area (Å²) in [5, 5.41) is 24.9. The summed E-state index contributed by atoms with van der Waals surface area (Å²) < 4.78 is 4.47. The maximum Gasteiger partial charge on any atom is 0.169 e. The van der Waals surface area contributed by atoms with Crippen molar-refractivity contribution in [3.05, 3.63) is 138 Å². The van der Waals surface area contributed by atoms with Crippen molar-refractivity contribution in [1.82, 2.24) is 29.2 Å².